The van der Waals surface area contributed by atoms with E-state index in [1.54, 1.807) is 23.1 Å². The summed E-state index contributed by atoms with van der Waals surface area (Å²) in [5.74, 6) is 7.61. The molecule has 9 heteroatoms. The maximum absolute atomic E-state index is 13.0. The molecule has 0 spiro atoms. The number of nitrogens with one attached hydrogen (secondary N) is 1. The standard InChI is InChI=1S/C44H44N4O5/c1-46(21-5-6-29-9-15-36-33(24-29)27-48(44(36)52)39-17-18-41(50)45-43(39)51)26-30-19-22-47(23-20-30)34-12-10-32(11-13-34)42-37-16-14-35(49)25-40(37)53-28-38(42)31-7-3-2-4-8-31/h2-4,7-16,24-25,30,38-39,42,49H,17-23,26-28H2,1H3,(H,45,50,51)/t38-,39?,42?/m1/s1. The van der Waals surface area contributed by atoms with Gasteiger partial charge in [0.15, 0.2) is 0 Å². The van der Waals surface area contributed by atoms with Crippen LogP contribution < -0.4 is 15.0 Å². The van der Waals surface area contributed by atoms with Crippen molar-refractivity contribution < 1.29 is 24.2 Å². The van der Waals surface area contributed by atoms with Crippen molar-refractivity contribution in [1.82, 2.24) is 15.1 Å². The number of phenolic OH excluding ortho intramolecular Hbond substituents is 1. The third-order valence-electron chi connectivity index (χ3n) is 11.3. The van der Waals surface area contributed by atoms with Crippen LogP contribution in [0.2, 0.25) is 0 Å². The molecule has 2 fully saturated rings. The number of ether oxygens (including phenoxy) is 1. The van der Waals surface area contributed by atoms with Gasteiger partial charge in [-0.05, 0) is 85.3 Å². The van der Waals surface area contributed by atoms with Crippen LogP contribution in [0.1, 0.15) is 75.7 Å². The number of fused-ring (bicyclic) bond motifs is 2. The van der Waals surface area contributed by atoms with Crippen LogP contribution in [-0.4, -0.2) is 78.5 Å². The fourth-order valence-electron chi connectivity index (χ4n) is 8.50. The van der Waals surface area contributed by atoms with Crippen LogP contribution in [0, 0.1) is 17.8 Å². The predicted molar refractivity (Wildman–Crippen MR) is 203 cm³/mol. The number of rotatable bonds is 7. The Morgan fingerprint density at radius 1 is 0.906 bits per heavy atom. The summed E-state index contributed by atoms with van der Waals surface area (Å²) in [4.78, 5) is 43.3. The highest BCUT2D eigenvalue weighted by atomic mass is 16.5. The van der Waals surface area contributed by atoms with Gasteiger partial charge in [-0.1, -0.05) is 60.4 Å². The number of aromatic hydroxyl groups is 1. The van der Waals surface area contributed by atoms with Crippen molar-refractivity contribution in [2.75, 3.05) is 44.7 Å². The molecular formula is C44H44N4O5. The zero-order chi connectivity index (χ0) is 36.5. The van der Waals surface area contributed by atoms with E-state index in [1.807, 2.05) is 24.3 Å². The van der Waals surface area contributed by atoms with Crippen LogP contribution >= 0.6 is 0 Å². The molecule has 0 bridgehead atoms. The molecule has 8 rings (SSSR count). The van der Waals surface area contributed by atoms with Gasteiger partial charge in [0.1, 0.15) is 17.5 Å². The molecule has 2 saturated heterocycles. The minimum atomic E-state index is -0.616. The van der Waals surface area contributed by atoms with E-state index in [2.05, 4.69) is 82.5 Å². The highest BCUT2D eigenvalue weighted by Crippen LogP contribution is 2.47. The molecule has 270 valence electrons. The van der Waals surface area contributed by atoms with E-state index in [0.717, 1.165) is 54.9 Å². The summed E-state index contributed by atoms with van der Waals surface area (Å²) in [6, 6.07) is 30.1. The second-order valence-electron chi connectivity index (χ2n) is 14.8. The smallest absolute Gasteiger partial charge is 0.255 e. The molecule has 4 heterocycles. The first-order chi connectivity index (χ1) is 25.8. The van der Waals surface area contributed by atoms with Crippen LogP contribution in [-0.2, 0) is 16.1 Å². The molecule has 4 aromatic carbocycles. The van der Waals surface area contributed by atoms with Gasteiger partial charge in [0, 0.05) is 72.9 Å². The summed E-state index contributed by atoms with van der Waals surface area (Å²) in [5.41, 5.74) is 7.17. The maximum atomic E-state index is 13.0. The molecule has 3 amide bonds. The summed E-state index contributed by atoms with van der Waals surface area (Å²) in [5, 5.41) is 12.5. The van der Waals surface area contributed by atoms with E-state index in [1.165, 1.54) is 16.8 Å². The van der Waals surface area contributed by atoms with E-state index in [9.17, 15) is 19.5 Å². The number of nitrogens with zero attached hydrogens (tertiary/aromatic N) is 3. The summed E-state index contributed by atoms with van der Waals surface area (Å²) in [6.07, 6.45) is 2.83. The van der Waals surface area contributed by atoms with Crippen LogP contribution in [0.3, 0.4) is 0 Å². The minimum absolute atomic E-state index is 0.127. The quantitative estimate of drug-likeness (QED) is 0.189. The highest BCUT2D eigenvalue weighted by Gasteiger charge is 2.39. The fraction of sp³-hybridized carbons (Fsp3) is 0.341. The molecule has 4 aliphatic rings. The molecule has 3 atom stereocenters. The average Bonchev–Trinajstić information content (AvgIpc) is 3.49. The first-order valence-corrected chi connectivity index (χ1v) is 18.6. The first-order valence-electron chi connectivity index (χ1n) is 18.6. The van der Waals surface area contributed by atoms with Gasteiger partial charge in [0.25, 0.3) is 5.91 Å². The van der Waals surface area contributed by atoms with E-state index in [0.29, 0.717) is 37.6 Å². The number of phenols is 1. The first kappa shape index (κ1) is 34.5. The summed E-state index contributed by atoms with van der Waals surface area (Å²) < 4.78 is 6.16. The largest absolute Gasteiger partial charge is 0.508 e. The van der Waals surface area contributed by atoms with Gasteiger partial charge in [-0.2, -0.15) is 0 Å². The number of hydrogen-bond donors (Lipinski definition) is 2. The highest BCUT2D eigenvalue weighted by molar-refractivity contribution is 6.05. The van der Waals surface area contributed by atoms with Gasteiger partial charge < -0.3 is 19.6 Å². The Bertz CT molecular complexity index is 2080. The zero-order valence-electron chi connectivity index (χ0n) is 30.0. The van der Waals surface area contributed by atoms with Gasteiger partial charge in [-0.25, -0.2) is 0 Å². The van der Waals surface area contributed by atoms with Gasteiger partial charge in [-0.15, -0.1) is 0 Å². The normalized spacial score (nSPS) is 21.4. The Morgan fingerprint density at radius 2 is 1.70 bits per heavy atom. The third kappa shape index (κ3) is 7.24. The Morgan fingerprint density at radius 3 is 2.47 bits per heavy atom. The lowest BCUT2D eigenvalue weighted by Gasteiger charge is -2.36. The number of amides is 3. The lowest BCUT2D eigenvalue weighted by Crippen LogP contribution is -2.52. The minimum Gasteiger partial charge on any atom is -0.508 e. The topological polar surface area (TPSA) is 102 Å². The van der Waals surface area contributed by atoms with Crippen molar-refractivity contribution in [1.29, 1.82) is 0 Å². The SMILES string of the molecule is CN(CC#Cc1ccc2c(c1)CN(C1CCC(=O)NC1=O)C2=O)CC1CCN(c2ccc(C3c4ccc(O)cc4OC[C@@H]3c3ccccc3)cc2)CC1. The van der Waals surface area contributed by atoms with Gasteiger partial charge in [-0.3, -0.25) is 24.6 Å². The summed E-state index contributed by atoms with van der Waals surface area (Å²) >= 11 is 0. The van der Waals surface area contributed by atoms with Gasteiger partial charge >= 0.3 is 0 Å². The second-order valence-corrected chi connectivity index (χ2v) is 14.8. The number of carbonyl (C=O) groups is 3. The summed E-state index contributed by atoms with van der Waals surface area (Å²) in [7, 11) is 2.12. The van der Waals surface area contributed by atoms with Gasteiger partial charge in [0.05, 0.1) is 13.2 Å². The maximum Gasteiger partial charge on any atom is 0.255 e. The fourth-order valence-corrected chi connectivity index (χ4v) is 8.50. The molecule has 0 radical (unpaired) electrons. The van der Waals surface area contributed by atoms with E-state index in [-0.39, 0.29) is 35.8 Å². The van der Waals surface area contributed by atoms with Crippen molar-refractivity contribution in [3.63, 3.8) is 0 Å². The van der Waals surface area contributed by atoms with Gasteiger partial charge in [0.2, 0.25) is 11.8 Å². The number of carbonyl (C=O) groups excluding carboxylic acids is 3. The van der Waals surface area contributed by atoms with Crippen LogP contribution in [0.4, 0.5) is 5.69 Å². The van der Waals surface area contributed by atoms with E-state index >= 15 is 0 Å². The number of piperidine rings is 2. The summed E-state index contributed by atoms with van der Waals surface area (Å²) in [6.45, 7) is 4.58. The zero-order valence-corrected chi connectivity index (χ0v) is 30.0. The molecule has 0 saturated carbocycles. The Balaban J connectivity index is 0.846. The Hall–Kier alpha value is -5.59. The van der Waals surface area contributed by atoms with E-state index < -0.39 is 11.9 Å². The lowest BCUT2D eigenvalue weighted by atomic mass is 9.76. The molecule has 0 aromatic heterocycles. The predicted octanol–water partition coefficient (Wildman–Crippen LogP) is 5.66. The molecule has 4 aliphatic heterocycles. The number of hydrogen-bond acceptors (Lipinski definition) is 7. The molecule has 0 aliphatic carbocycles. The molecule has 53 heavy (non-hydrogen) atoms. The monoisotopic (exact) mass is 708 g/mol. The number of anilines is 1. The van der Waals surface area contributed by atoms with Crippen LogP contribution in [0.15, 0.2) is 91.0 Å². The molecule has 9 nitrogen and oxygen atoms in total. The van der Waals surface area contributed by atoms with E-state index in [4.69, 9.17) is 4.74 Å². The number of imide groups is 1. The second kappa shape index (κ2) is 14.8. The molecule has 2 N–H and O–H groups in total. The number of benzene rings is 4. The van der Waals surface area contributed by atoms with Crippen LogP contribution in [0.25, 0.3) is 0 Å². The molecule has 2 unspecified atom stereocenters. The van der Waals surface area contributed by atoms with Crippen molar-refractivity contribution in [2.24, 2.45) is 5.92 Å². The third-order valence-corrected chi connectivity index (χ3v) is 11.3. The Kier molecular flexibility index (Phi) is 9.63. The van der Waals surface area contributed by atoms with Crippen molar-refractivity contribution in [2.45, 2.75) is 50.1 Å². The Labute approximate surface area is 310 Å². The van der Waals surface area contributed by atoms with Crippen LogP contribution in [0.5, 0.6) is 11.5 Å². The lowest BCUT2D eigenvalue weighted by molar-refractivity contribution is -0.136. The van der Waals surface area contributed by atoms with Crippen molar-refractivity contribution in [3.8, 4) is 23.3 Å². The average molecular weight is 709 g/mol. The molecular weight excluding hydrogens is 665 g/mol. The van der Waals surface area contributed by atoms with Crippen molar-refractivity contribution in [3.05, 3.63) is 124 Å². The van der Waals surface area contributed by atoms with Crippen molar-refractivity contribution >= 4 is 23.4 Å². The molecule has 4 aromatic rings.